The number of halogens is 1. The topological polar surface area (TPSA) is 31.6 Å². The average molecular weight is 478 g/mol. The zero-order valence-corrected chi connectivity index (χ0v) is 19.2. The normalized spacial score (nSPS) is 16.8. The molecule has 5 heteroatoms. The molecule has 2 heterocycles. The molecule has 31 heavy (non-hydrogen) atoms. The lowest BCUT2D eigenvalue weighted by molar-refractivity contribution is 0.0634. The highest BCUT2D eigenvalue weighted by Crippen LogP contribution is 2.31. The van der Waals surface area contributed by atoms with Crippen molar-refractivity contribution < 1.29 is 5.11 Å². The third-order valence-electron chi connectivity index (χ3n) is 6.31. The largest absolute Gasteiger partial charge is 0.390 e. The summed E-state index contributed by atoms with van der Waals surface area (Å²) in [6.45, 7) is 6.43. The van der Waals surface area contributed by atoms with Gasteiger partial charge in [-0.15, -0.1) is 0 Å². The van der Waals surface area contributed by atoms with Gasteiger partial charge in [0.15, 0.2) is 0 Å². The maximum atomic E-state index is 11.0. The number of benzene rings is 3. The third kappa shape index (κ3) is 4.55. The Kier molecular flexibility index (Phi) is 6.10. The monoisotopic (exact) mass is 477 g/mol. The van der Waals surface area contributed by atoms with Crippen molar-refractivity contribution in [3.05, 3.63) is 82.8 Å². The summed E-state index contributed by atoms with van der Waals surface area (Å²) in [5.74, 6) is 0. The summed E-state index contributed by atoms with van der Waals surface area (Å²) in [6, 6.07) is 25.5. The fraction of sp³-hybridized carbons (Fsp3) is 0.308. The molecule has 1 N–H and O–H groups in total. The summed E-state index contributed by atoms with van der Waals surface area (Å²) < 4.78 is 3.35. The molecule has 0 unspecified atom stereocenters. The molecule has 0 aliphatic carbocycles. The SMILES string of the molecule is O[C@@H](CN1CCN(Cc2ccccc2)CC1)Cn1c2ccccc2c2cc(Br)ccc21. The van der Waals surface area contributed by atoms with Gasteiger partial charge in [0, 0.05) is 65.5 Å². The van der Waals surface area contributed by atoms with Gasteiger partial charge < -0.3 is 9.67 Å². The van der Waals surface area contributed by atoms with Crippen molar-refractivity contribution in [3.8, 4) is 0 Å². The quantitative estimate of drug-likeness (QED) is 0.435. The maximum absolute atomic E-state index is 11.0. The molecule has 160 valence electrons. The fourth-order valence-electron chi connectivity index (χ4n) is 4.76. The van der Waals surface area contributed by atoms with Crippen LogP contribution in [0.1, 0.15) is 5.56 Å². The summed E-state index contributed by atoms with van der Waals surface area (Å²) >= 11 is 3.60. The highest BCUT2D eigenvalue weighted by atomic mass is 79.9. The van der Waals surface area contributed by atoms with Gasteiger partial charge >= 0.3 is 0 Å². The van der Waals surface area contributed by atoms with Gasteiger partial charge in [0.05, 0.1) is 12.6 Å². The number of aromatic nitrogens is 1. The molecule has 0 radical (unpaired) electrons. The Hall–Kier alpha value is -2.18. The highest BCUT2D eigenvalue weighted by molar-refractivity contribution is 9.10. The summed E-state index contributed by atoms with van der Waals surface area (Å²) in [5.41, 5.74) is 3.73. The molecule has 1 atom stereocenters. The van der Waals surface area contributed by atoms with Crippen molar-refractivity contribution in [2.75, 3.05) is 32.7 Å². The highest BCUT2D eigenvalue weighted by Gasteiger charge is 2.20. The van der Waals surface area contributed by atoms with E-state index in [-0.39, 0.29) is 0 Å². The molecule has 1 fully saturated rings. The van der Waals surface area contributed by atoms with Crippen LogP contribution in [0.25, 0.3) is 21.8 Å². The van der Waals surface area contributed by atoms with Gasteiger partial charge in [0.1, 0.15) is 0 Å². The number of β-amino-alcohol motifs (C(OH)–C–C–N with tert-alkyl or cyclic N) is 1. The van der Waals surface area contributed by atoms with Crippen LogP contribution in [0.5, 0.6) is 0 Å². The maximum Gasteiger partial charge on any atom is 0.0845 e. The predicted octanol–water partition coefficient (Wildman–Crippen LogP) is 4.74. The van der Waals surface area contributed by atoms with Crippen molar-refractivity contribution in [3.63, 3.8) is 0 Å². The molecule has 0 bridgehead atoms. The second-order valence-electron chi connectivity index (χ2n) is 8.51. The van der Waals surface area contributed by atoms with Crippen LogP contribution in [0.4, 0.5) is 0 Å². The van der Waals surface area contributed by atoms with E-state index in [2.05, 4.69) is 103 Å². The van der Waals surface area contributed by atoms with Gasteiger partial charge in [-0.1, -0.05) is 64.5 Å². The van der Waals surface area contributed by atoms with E-state index in [1.54, 1.807) is 0 Å². The predicted molar refractivity (Wildman–Crippen MR) is 131 cm³/mol. The second kappa shape index (κ2) is 9.13. The van der Waals surface area contributed by atoms with Crippen LogP contribution in [0.2, 0.25) is 0 Å². The van der Waals surface area contributed by atoms with E-state index in [9.17, 15) is 5.11 Å². The first kappa shape index (κ1) is 20.7. The number of hydrogen-bond donors (Lipinski definition) is 1. The number of para-hydroxylation sites is 1. The standard InChI is InChI=1S/C26H28BrN3O/c27-21-10-11-26-24(16-21)23-8-4-5-9-25(23)30(26)19-22(31)18-29-14-12-28(13-15-29)17-20-6-2-1-3-7-20/h1-11,16,22,31H,12-15,17-19H2/t22-/m0/s1. The van der Waals surface area contributed by atoms with Crippen molar-refractivity contribution in [2.45, 2.75) is 19.2 Å². The van der Waals surface area contributed by atoms with Crippen molar-refractivity contribution in [2.24, 2.45) is 0 Å². The van der Waals surface area contributed by atoms with Crippen LogP contribution in [-0.2, 0) is 13.1 Å². The first-order valence-corrected chi connectivity index (χ1v) is 11.8. The summed E-state index contributed by atoms with van der Waals surface area (Å²) in [6.07, 6.45) is -0.400. The Bertz CT molecular complexity index is 1170. The smallest absolute Gasteiger partial charge is 0.0845 e. The first-order valence-electron chi connectivity index (χ1n) is 11.0. The van der Waals surface area contributed by atoms with Crippen LogP contribution in [0, 0.1) is 0 Å². The van der Waals surface area contributed by atoms with Crippen LogP contribution in [0.15, 0.2) is 77.3 Å². The zero-order valence-electron chi connectivity index (χ0n) is 17.6. The molecule has 0 saturated carbocycles. The van der Waals surface area contributed by atoms with Gasteiger partial charge in [0.2, 0.25) is 0 Å². The van der Waals surface area contributed by atoms with E-state index in [0.717, 1.165) is 37.2 Å². The average Bonchev–Trinajstić information content (AvgIpc) is 3.09. The van der Waals surface area contributed by atoms with Crippen LogP contribution in [0.3, 0.4) is 0 Å². The lowest BCUT2D eigenvalue weighted by atomic mass is 10.2. The van der Waals surface area contributed by atoms with E-state index in [4.69, 9.17) is 0 Å². The van der Waals surface area contributed by atoms with Crippen molar-refractivity contribution >= 4 is 37.7 Å². The first-order chi connectivity index (χ1) is 15.2. The Morgan fingerprint density at radius 2 is 1.42 bits per heavy atom. The lowest BCUT2D eigenvalue weighted by Gasteiger charge is -2.35. The van der Waals surface area contributed by atoms with Gasteiger partial charge in [-0.3, -0.25) is 9.80 Å². The number of nitrogens with zero attached hydrogens (tertiary/aromatic N) is 3. The third-order valence-corrected chi connectivity index (χ3v) is 6.80. The summed E-state index contributed by atoms with van der Waals surface area (Å²) in [7, 11) is 0. The number of piperazine rings is 1. The van der Waals surface area contributed by atoms with E-state index in [1.807, 2.05) is 0 Å². The molecule has 1 aliphatic rings. The molecule has 1 aromatic heterocycles. The van der Waals surface area contributed by atoms with Crippen LogP contribution in [-0.4, -0.2) is 58.3 Å². The van der Waals surface area contributed by atoms with Crippen molar-refractivity contribution in [1.82, 2.24) is 14.4 Å². The Morgan fingerprint density at radius 1 is 0.742 bits per heavy atom. The van der Waals surface area contributed by atoms with Gasteiger partial charge in [0.25, 0.3) is 0 Å². The molecule has 4 nitrogen and oxygen atoms in total. The number of rotatable bonds is 6. The molecular formula is C26H28BrN3O. The van der Waals surface area contributed by atoms with E-state index in [0.29, 0.717) is 13.1 Å². The number of hydrogen-bond acceptors (Lipinski definition) is 3. The molecule has 4 aromatic rings. The van der Waals surface area contributed by atoms with Crippen molar-refractivity contribution in [1.29, 1.82) is 0 Å². The van der Waals surface area contributed by atoms with Gasteiger partial charge in [-0.2, -0.15) is 0 Å². The molecule has 1 saturated heterocycles. The molecule has 0 amide bonds. The lowest BCUT2D eigenvalue weighted by Crippen LogP contribution is -2.48. The van der Waals surface area contributed by atoms with E-state index >= 15 is 0 Å². The minimum absolute atomic E-state index is 0.400. The Balaban J connectivity index is 1.24. The van der Waals surface area contributed by atoms with Gasteiger partial charge in [-0.05, 0) is 29.8 Å². The van der Waals surface area contributed by atoms with E-state index in [1.165, 1.54) is 27.4 Å². The number of aliphatic hydroxyl groups excluding tert-OH is 1. The molecule has 5 rings (SSSR count). The second-order valence-corrected chi connectivity index (χ2v) is 9.42. The molecule has 3 aromatic carbocycles. The van der Waals surface area contributed by atoms with Crippen LogP contribution < -0.4 is 0 Å². The summed E-state index contributed by atoms with van der Waals surface area (Å²) in [5, 5.41) is 13.4. The minimum atomic E-state index is -0.400. The van der Waals surface area contributed by atoms with E-state index < -0.39 is 6.10 Å². The minimum Gasteiger partial charge on any atom is -0.390 e. The van der Waals surface area contributed by atoms with Crippen LogP contribution >= 0.6 is 15.9 Å². The molecule has 0 spiro atoms. The fourth-order valence-corrected chi connectivity index (χ4v) is 5.12. The Labute approximate surface area is 191 Å². The van der Waals surface area contributed by atoms with Gasteiger partial charge in [-0.25, -0.2) is 0 Å². The molecule has 1 aliphatic heterocycles. The Morgan fingerprint density at radius 3 is 2.23 bits per heavy atom. The molecular weight excluding hydrogens is 450 g/mol. The number of aliphatic hydroxyl groups is 1. The number of fused-ring (bicyclic) bond motifs is 3. The summed E-state index contributed by atoms with van der Waals surface area (Å²) in [4.78, 5) is 4.90. The zero-order chi connectivity index (χ0) is 21.2.